The molecule has 0 N–H and O–H groups in total. The van der Waals surface area contributed by atoms with Gasteiger partial charge in [-0.3, -0.25) is 9.59 Å². The minimum atomic E-state index is 0.0508. The van der Waals surface area contributed by atoms with Crippen LogP contribution in [-0.2, 0) is 9.59 Å². The predicted molar refractivity (Wildman–Crippen MR) is 81.6 cm³/mol. The topological polar surface area (TPSA) is 40.6 Å². The van der Waals surface area contributed by atoms with Crippen molar-refractivity contribution >= 4 is 11.8 Å². The summed E-state index contributed by atoms with van der Waals surface area (Å²) < 4.78 is 0. The number of carbonyl (C=O) groups excluding carboxylic acids is 2. The van der Waals surface area contributed by atoms with Crippen molar-refractivity contribution in [2.45, 2.75) is 51.9 Å². The van der Waals surface area contributed by atoms with Crippen molar-refractivity contribution in [1.82, 2.24) is 9.80 Å². The molecule has 21 heavy (non-hydrogen) atoms. The zero-order chi connectivity index (χ0) is 14.8. The number of piperidine rings is 1. The van der Waals surface area contributed by atoms with Crippen molar-refractivity contribution in [2.24, 2.45) is 17.8 Å². The minimum absolute atomic E-state index is 0.0508. The monoisotopic (exact) mass is 292 g/mol. The summed E-state index contributed by atoms with van der Waals surface area (Å²) in [7, 11) is 0. The van der Waals surface area contributed by atoms with Gasteiger partial charge in [-0.1, -0.05) is 19.8 Å². The lowest BCUT2D eigenvalue weighted by atomic mass is 9.96. The average Bonchev–Trinajstić information content (AvgIpc) is 3.28. The Morgan fingerprint density at radius 3 is 2.10 bits per heavy atom. The summed E-state index contributed by atoms with van der Waals surface area (Å²) in [6, 6.07) is 0. The molecule has 3 fully saturated rings. The molecule has 4 heteroatoms. The lowest BCUT2D eigenvalue weighted by Crippen LogP contribution is -2.47. The molecule has 0 unspecified atom stereocenters. The van der Waals surface area contributed by atoms with E-state index >= 15 is 0 Å². The molecule has 0 radical (unpaired) electrons. The average molecular weight is 292 g/mol. The zero-order valence-electron chi connectivity index (χ0n) is 13.2. The first-order valence-electron chi connectivity index (χ1n) is 8.74. The predicted octanol–water partition coefficient (Wildman–Crippen LogP) is 2.28. The Morgan fingerprint density at radius 1 is 0.857 bits per heavy atom. The Balaban J connectivity index is 1.57. The summed E-state index contributed by atoms with van der Waals surface area (Å²) in [5, 5.41) is 0. The molecule has 2 amide bonds. The molecule has 3 rings (SSSR count). The Bertz CT molecular complexity index is 402. The highest BCUT2D eigenvalue weighted by atomic mass is 16.2. The fourth-order valence-corrected chi connectivity index (χ4v) is 3.83. The minimum Gasteiger partial charge on any atom is -0.342 e. The normalized spacial score (nSPS) is 33.5. The van der Waals surface area contributed by atoms with Gasteiger partial charge in [0.15, 0.2) is 0 Å². The van der Waals surface area contributed by atoms with Gasteiger partial charge in [-0.25, -0.2) is 0 Å². The molecule has 0 aromatic carbocycles. The summed E-state index contributed by atoms with van der Waals surface area (Å²) in [6.07, 6.45) is 7.76. The summed E-state index contributed by atoms with van der Waals surface area (Å²) in [5.41, 5.74) is 0. The lowest BCUT2D eigenvalue weighted by Gasteiger charge is -2.35. The second-order valence-corrected chi connectivity index (χ2v) is 7.18. The van der Waals surface area contributed by atoms with E-state index in [0.29, 0.717) is 24.3 Å². The van der Waals surface area contributed by atoms with Gasteiger partial charge >= 0.3 is 0 Å². The van der Waals surface area contributed by atoms with Gasteiger partial charge in [0.1, 0.15) is 0 Å². The Hall–Kier alpha value is -1.06. The van der Waals surface area contributed by atoms with Crippen molar-refractivity contribution in [3.8, 4) is 0 Å². The first-order chi connectivity index (χ1) is 10.2. The molecular weight excluding hydrogens is 264 g/mol. The smallest absolute Gasteiger partial charge is 0.227 e. The number of hydrogen-bond donors (Lipinski definition) is 0. The maximum atomic E-state index is 12.7. The fourth-order valence-electron chi connectivity index (χ4n) is 3.83. The maximum absolute atomic E-state index is 12.7. The molecular formula is C17H28N2O2. The molecule has 2 heterocycles. The third kappa shape index (κ3) is 3.41. The summed E-state index contributed by atoms with van der Waals surface area (Å²) in [6.45, 7) is 5.50. The van der Waals surface area contributed by atoms with Crippen LogP contribution in [0.2, 0.25) is 0 Å². The van der Waals surface area contributed by atoms with E-state index in [0.717, 1.165) is 51.7 Å². The van der Waals surface area contributed by atoms with Gasteiger partial charge < -0.3 is 9.80 Å². The molecule has 118 valence electrons. The van der Waals surface area contributed by atoms with E-state index in [4.69, 9.17) is 0 Å². The van der Waals surface area contributed by atoms with E-state index in [1.807, 2.05) is 4.90 Å². The van der Waals surface area contributed by atoms with Crippen LogP contribution >= 0.6 is 0 Å². The van der Waals surface area contributed by atoms with Gasteiger partial charge in [0, 0.05) is 32.1 Å². The highest BCUT2D eigenvalue weighted by molar-refractivity contribution is 5.84. The molecule has 0 aromatic heterocycles. The molecule has 2 saturated heterocycles. The van der Waals surface area contributed by atoms with Crippen LogP contribution in [-0.4, -0.2) is 47.8 Å². The van der Waals surface area contributed by atoms with Crippen LogP contribution in [0.25, 0.3) is 0 Å². The van der Waals surface area contributed by atoms with Crippen molar-refractivity contribution in [1.29, 1.82) is 0 Å². The highest BCUT2D eigenvalue weighted by Crippen LogP contribution is 2.40. The molecule has 2 aliphatic heterocycles. The summed E-state index contributed by atoms with van der Waals surface area (Å²) in [4.78, 5) is 29.1. The van der Waals surface area contributed by atoms with Gasteiger partial charge in [-0.15, -0.1) is 0 Å². The van der Waals surface area contributed by atoms with E-state index in [1.54, 1.807) is 0 Å². The number of hydrogen-bond acceptors (Lipinski definition) is 2. The van der Waals surface area contributed by atoms with Crippen molar-refractivity contribution < 1.29 is 9.59 Å². The quantitative estimate of drug-likeness (QED) is 0.783. The lowest BCUT2D eigenvalue weighted by molar-refractivity contribution is -0.141. The number of rotatable bonds is 2. The molecule has 0 aromatic rings. The molecule has 4 nitrogen and oxygen atoms in total. The SMILES string of the molecule is C[C@@H]1C[C@@H]1C(=O)N1CCC[C@H](C(=O)N2CCCCCC2)C1. The third-order valence-corrected chi connectivity index (χ3v) is 5.43. The number of amides is 2. The maximum Gasteiger partial charge on any atom is 0.227 e. The van der Waals surface area contributed by atoms with Gasteiger partial charge in [-0.05, 0) is 38.0 Å². The van der Waals surface area contributed by atoms with Gasteiger partial charge in [0.25, 0.3) is 0 Å². The van der Waals surface area contributed by atoms with E-state index in [1.165, 1.54) is 12.8 Å². The van der Waals surface area contributed by atoms with E-state index in [2.05, 4.69) is 11.8 Å². The molecule has 0 bridgehead atoms. The zero-order valence-corrected chi connectivity index (χ0v) is 13.2. The molecule has 3 atom stereocenters. The summed E-state index contributed by atoms with van der Waals surface area (Å²) >= 11 is 0. The largest absolute Gasteiger partial charge is 0.342 e. The Morgan fingerprint density at radius 2 is 1.48 bits per heavy atom. The molecule has 3 aliphatic rings. The number of likely N-dealkylation sites (tertiary alicyclic amines) is 2. The summed E-state index contributed by atoms with van der Waals surface area (Å²) in [5.74, 6) is 1.46. The molecule has 1 saturated carbocycles. The highest BCUT2D eigenvalue weighted by Gasteiger charge is 2.43. The second kappa shape index (κ2) is 6.37. The third-order valence-electron chi connectivity index (χ3n) is 5.43. The van der Waals surface area contributed by atoms with Crippen LogP contribution in [0.15, 0.2) is 0 Å². The van der Waals surface area contributed by atoms with Crippen molar-refractivity contribution in [3.05, 3.63) is 0 Å². The number of carbonyl (C=O) groups is 2. The fraction of sp³-hybridized carbons (Fsp3) is 0.882. The molecule has 1 aliphatic carbocycles. The van der Waals surface area contributed by atoms with Gasteiger partial charge in [0.2, 0.25) is 11.8 Å². The van der Waals surface area contributed by atoms with Crippen molar-refractivity contribution in [3.63, 3.8) is 0 Å². The van der Waals surface area contributed by atoms with E-state index in [9.17, 15) is 9.59 Å². The van der Waals surface area contributed by atoms with Crippen LogP contribution in [0.4, 0.5) is 0 Å². The first-order valence-corrected chi connectivity index (χ1v) is 8.74. The van der Waals surface area contributed by atoms with Crippen LogP contribution in [0.5, 0.6) is 0 Å². The Labute approximate surface area is 127 Å². The molecule has 0 spiro atoms. The Kier molecular flexibility index (Phi) is 4.51. The van der Waals surface area contributed by atoms with E-state index < -0.39 is 0 Å². The van der Waals surface area contributed by atoms with Gasteiger partial charge in [0.05, 0.1) is 5.92 Å². The van der Waals surface area contributed by atoms with E-state index in [-0.39, 0.29) is 11.8 Å². The standard InChI is InChI=1S/C17H28N2O2/c1-13-11-15(13)17(21)19-10-6-7-14(12-19)16(20)18-8-4-2-3-5-9-18/h13-15H,2-12H2,1H3/t13-,14+,15+/m1/s1. The van der Waals surface area contributed by atoms with Crippen LogP contribution in [0.1, 0.15) is 51.9 Å². The van der Waals surface area contributed by atoms with Crippen LogP contribution < -0.4 is 0 Å². The second-order valence-electron chi connectivity index (χ2n) is 7.18. The first kappa shape index (κ1) is 14.9. The number of nitrogens with zero attached hydrogens (tertiary/aromatic N) is 2. The van der Waals surface area contributed by atoms with Crippen molar-refractivity contribution in [2.75, 3.05) is 26.2 Å². The van der Waals surface area contributed by atoms with Crippen LogP contribution in [0.3, 0.4) is 0 Å². The van der Waals surface area contributed by atoms with Crippen LogP contribution in [0, 0.1) is 17.8 Å². The van der Waals surface area contributed by atoms with Gasteiger partial charge in [-0.2, -0.15) is 0 Å².